The fourth-order valence-corrected chi connectivity index (χ4v) is 2.43. The molecule has 0 radical (unpaired) electrons. The van der Waals surface area contributed by atoms with E-state index in [1.54, 1.807) is 18.9 Å². The van der Waals surface area contributed by atoms with Crippen molar-refractivity contribution in [2.24, 2.45) is 0 Å². The highest BCUT2D eigenvalue weighted by Crippen LogP contribution is 2.41. The summed E-state index contributed by atoms with van der Waals surface area (Å²) >= 11 is 0. The lowest BCUT2D eigenvalue weighted by Crippen LogP contribution is -2.42. The zero-order chi connectivity index (χ0) is 14.3. The van der Waals surface area contributed by atoms with E-state index in [2.05, 4.69) is 0 Å². The highest BCUT2D eigenvalue weighted by Gasteiger charge is 2.30. The summed E-state index contributed by atoms with van der Waals surface area (Å²) < 4.78 is 5.62. The van der Waals surface area contributed by atoms with Crippen molar-refractivity contribution < 1.29 is 9.53 Å². The molecule has 0 bridgehead atoms. The van der Waals surface area contributed by atoms with E-state index >= 15 is 0 Å². The molecule has 4 nitrogen and oxygen atoms in total. The normalized spacial score (nSPS) is 17.6. The number of amides is 1. The maximum Gasteiger partial charge on any atom is 0.267 e. The number of anilines is 2. The maximum atomic E-state index is 12.0. The molecule has 2 aromatic carbocycles. The average Bonchev–Trinajstić information content (AvgIpc) is 2.47. The van der Waals surface area contributed by atoms with Gasteiger partial charge in [-0.1, -0.05) is 30.3 Å². The van der Waals surface area contributed by atoms with Gasteiger partial charge in [0.15, 0.2) is 11.9 Å². The van der Waals surface area contributed by atoms with Gasteiger partial charge in [0.2, 0.25) is 0 Å². The molecule has 1 unspecified atom stereocenters. The molecular formula is C16H16N2O2. The molecule has 0 saturated carbocycles. The molecule has 0 spiro atoms. The molecule has 2 N–H and O–H groups in total. The SMILES string of the molecule is CC1Oc2c(N)cc(-c3ccccc3)cc2N(C)C1=O. The van der Waals surface area contributed by atoms with Gasteiger partial charge in [-0.05, 0) is 30.2 Å². The van der Waals surface area contributed by atoms with Crippen LogP contribution in [0.3, 0.4) is 0 Å². The van der Waals surface area contributed by atoms with Crippen molar-refractivity contribution in [3.05, 3.63) is 42.5 Å². The van der Waals surface area contributed by atoms with E-state index in [1.165, 1.54) is 0 Å². The number of hydrogen-bond donors (Lipinski definition) is 1. The second-order valence-corrected chi connectivity index (χ2v) is 4.94. The first-order valence-electron chi connectivity index (χ1n) is 6.51. The Labute approximate surface area is 117 Å². The van der Waals surface area contributed by atoms with Crippen molar-refractivity contribution in [2.45, 2.75) is 13.0 Å². The summed E-state index contributed by atoms with van der Waals surface area (Å²) in [5, 5.41) is 0. The first kappa shape index (κ1) is 12.5. The predicted molar refractivity (Wildman–Crippen MR) is 79.8 cm³/mol. The molecule has 3 rings (SSSR count). The van der Waals surface area contributed by atoms with E-state index in [9.17, 15) is 4.79 Å². The molecule has 1 heterocycles. The number of nitrogen functional groups attached to an aromatic ring is 1. The molecule has 20 heavy (non-hydrogen) atoms. The van der Waals surface area contributed by atoms with Gasteiger partial charge in [0.25, 0.3) is 5.91 Å². The Morgan fingerprint density at radius 3 is 2.55 bits per heavy atom. The summed E-state index contributed by atoms with van der Waals surface area (Å²) in [7, 11) is 1.74. The molecule has 0 aliphatic carbocycles. The van der Waals surface area contributed by atoms with Gasteiger partial charge in [0.1, 0.15) is 0 Å². The lowest BCUT2D eigenvalue weighted by Gasteiger charge is -2.31. The molecule has 1 amide bonds. The van der Waals surface area contributed by atoms with Crippen molar-refractivity contribution in [3.8, 4) is 16.9 Å². The van der Waals surface area contributed by atoms with Crippen molar-refractivity contribution in [1.82, 2.24) is 0 Å². The zero-order valence-corrected chi connectivity index (χ0v) is 11.5. The zero-order valence-electron chi connectivity index (χ0n) is 11.5. The van der Waals surface area contributed by atoms with Crippen molar-refractivity contribution in [1.29, 1.82) is 0 Å². The molecule has 0 fully saturated rings. The Balaban J connectivity index is 2.15. The van der Waals surface area contributed by atoms with Crippen molar-refractivity contribution in [2.75, 3.05) is 17.7 Å². The van der Waals surface area contributed by atoms with Gasteiger partial charge in [0, 0.05) is 7.05 Å². The third-order valence-electron chi connectivity index (χ3n) is 3.54. The third kappa shape index (κ3) is 1.90. The molecule has 1 atom stereocenters. The number of carbonyl (C=O) groups is 1. The minimum absolute atomic E-state index is 0.0675. The number of nitrogens with zero attached hydrogens (tertiary/aromatic N) is 1. The van der Waals surface area contributed by atoms with Crippen LogP contribution in [0, 0.1) is 0 Å². The van der Waals surface area contributed by atoms with E-state index in [0.29, 0.717) is 17.1 Å². The quantitative estimate of drug-likeness (QED) is 0.809. The summed E-state index contributed by atoms with van der Waals surface area (Å²) in [6.45, 7) is 1.73. The van der Waals surface area contributed by atoms with E-state index in [-0.39, 0.29) is 5.91 Å². The topological polar surface area (TPSA) is 55.6 Å². The third-order valence-corrected chi connectivity index (χ3v) is 3.54. The minimum atomic E-state index is -0.502. The van der Waals surface area contributed by atoms with E-state index in [1.807, 2.05) is 42.5 Å². The smallest absolute Gasteiger partial charge is 0.267 e. The van der Waals surface area contributed by atoms with Gasteiger partial charge >= 0.3 is 0 Å². The first-order chi connectivity index (χ1) is 9.58. The predicted octanol–water partition coefficient (Wildman–Crippen LogP) is 2.68. The summed E-state index contributed by atoms with van der Waals surface area (Å²) in [5.74, 6) is 0.515. The second kappa shape index (κ2) is 4.56. The second-order valence-electron chi connectivity index (χ2n) is 4.94. The van der Waals surface area contributed by atoms with E-state index < -0.39 is 6.10 Å². The van der Waals surface area contributed by atoms with Crippen LogP contribution in [0.15, 0.2) is 42.5 Å². The summed E-state index contributed by atoms with van der Waals surface area (Å²) in [5.41, 5.74) is 9.38. The van der Waals surface area contributed by atoms with Crippen LogP contribution < -0.4 is 15.4 Å². The average molecular weight is 268 g/mol. The number of hydrogen-bond acceptors (Lipinski definition) is 3. The molecule has 0 saturated heterocycles. The lowest BCUT2D eigenvalue weighted by atomic mass is 10.0. The van der Waals surface area contributed by atoms with Gasteiger partial charge in [-0.15, -0.1) is 0 Å². The van der Waals surface area contributed by atoms with Gasteiger partial charge in [-0.2, -0.15) is 0 Å². The number of likely N-dealkylation sites (N-methyl/N-ethyl adjacent to an activating group) is 1. The van der Waals surface area contributed by atoms with Gasteiger partial charge < -0.3 is 15.4 Å². The van der Waals surface area contributed by atoms with Crippen LogP contribution >= 0.6 is 0 Å². The van der Waals surface area contributed by atoms with Crippen LogP contribution in [-0.2, 0) is 4.79 Å². The number of fused-ring (bicyclic) bond motifs is 1. The molecule has 0 aromatic heterocycles. The molecule has 4 heteroatoms. The molecule has 1 aliphatic heterocycles. The molecular weight excluding hydrogens is 252 g/mol. The Kier molecular flexibility index (Phi) is 2.86. The Bertz CT molecular complexity index is 668. The number of carbonyl (C=O) groups excluding carboxylic acids is 1. The lowest BCUT2D eigenvalue weighted by molar-refractivity contribution is -0.125. The van der Waals surface area contributed by atoms with Crippen LogP contribution in [-0.4, -0.2) is 19.1 Å². The maximum absolute atomic E-state index is 12.0. The number of rotatable bonds is 1. The Morgan fingerprint density at radius 1 is 1.15 bits per heavy atom. The van der Waals surface area contributed by atoms with Crippen LogP contribution in [0.5, 0.6) is 5.75 Å². The summed E-state index contributed by atoms with van der Waals surface area (Å²) in [6.07, 6.45) is -0.502. The fourth-order valence-electron chi connectivity index (χ4n) is 2.43. The van der Waals surface area contributed by atoms with E-state index in [0.717, 1.165) is 11.1 Å². The number of nitrogens with two attached hydrogens (primary N) is 1. The van der Waals surface area contributed by atoms with Crippen LogP contribution in [0.25, 0.3) is 11.1 Å². The van der Waals surface area contributed by atoms with Crippen LogP contribution in [0.2, 0.25) is 0 Å². The Morgan fingerprint density at radius 2 is 1.85 bits per heavy atom. The van der Waals surface area contributed by atoms with Crippen molar-refractivity contribution in [3.63, 3.8) is 0 Å². The summed E-state index contributed by atoms with van der Waals surface area (Å²) in [4.78, 5) is 13.6. The molecule has 102 valence electrons. The molecule has 1 aliphatic rings. The van der Waals surface area contributed by atoms with Crippen LogP contribution in [0.1, 0.15) is 6.92 Å². The summed E-state index contributed by atoms with van der Waals surface area (Å²) in [6, 6.07) is 13.7. The number of benzene rings is 2. The van der Waals surface area contributed by atoms with E-state index in [4.69, 9.17) is 10.5 Å². The minimum Gasteiger partial charge on any atom is -0.477 e. The highest BCUT2D eigenvalue weighted by molar-refractivity contribution is 6.01. The largest absolute Gasteiger partial charge is 0.477 e. The number of ether oxygens (including phenoxy) is 1. The fraction of sp³-hybridized carbons (Fsp3) is 0.188. The standard InChI is InChI=1S/C16H16N2O2/c1-10-16(19)18(2)14-9-12(8-13(17)15(14)20-10)11-6-4-3-5-7-11/h3-10H,17H2,1-2H3. The Hall–Kier alpha value is -2.49. The van der Waals surface area contributed by atoms with Crippen molar-refractivity contribution >= 4 is 17.3 Å². The van der Waals surface area contributed by atoms with Gasteiger partial charge in [-0.3, -0.25) is 4.79 Å². The first-order valence-corrected chi connectivity index (χ1v) is 6.51. The molecule has 2 aromatic rings. The highest BCUT2D eigenvalue weighted by atomic mass is 16.5. The van der Waals surface area contributed by atoms with Gasteiger partial charge in [-0.25, -0.2) is 0 Å². The van der Waals surface area contributed by atoms with Crippen LogP contribution in [0.4, 0.5) is 11.4 Å². The van der Waals surface area contributed by atoms with Gasteiger partial charge in [0.05, 0.1) is 11.4 Å². The monoisotopic (exact) mass is 268 g/mol.